The van der Waals surface area contributed by atoms with E-state index in [2.05, 4.69) is 5.32 Å². The Bertz CT molecular complexity index is 381. The van der Waals surface area contributed by atoms with Crippen molar-refractivity contribution in [3.05, 3.63) is 35.6 Å². The number of benzene rings is 1. The third-order valence-electron chi connectivity index (χ3n) is 2.70. The summed E-state index contributed by atoms with van der Waals surface area (Å²) in [6.07, 6.45) is 0. The monoisotopic (exact) mass is 240 g/mol. The molecule has 1 amide bonds. The molecule has 1 rings (SSSR count). The Morgan fingerprint density at radius 2 is 2.06 bits per heavy atom. The van der Waals surface area contributed by atoms with Crippen molar-refractivity contribution in [3.63, 3.8) is 0 Å². The number of carbonyl (C=O) groups is 1. The van der Waals surface area contributed by atoms with E-state index < -0.39 is 11.4 Å². The number of rotatable bonds is 6. The lowest BCUT2D eigenvalue weighted by molar-refractivity contribution is -0.124. The molecule has 0 aromatic heterocycles. The summed E-state index contributed by atoms with van der Waals surface area (Å²) in [5, 5.41) is 3.01. The smallest absolute Gasteiger partial charge is 0.242 e. The molecule has 0 saturated carbocycles. The summed E-state index contributed by atoms with van der Waals surface area (Å²) in [6.45, 7) is 2.61. The zero-order chi connectivity index (χ0) is 12.9. The number of halogens is 1. The van der Waals surface area contributed by atoms with Crippen molar-refractivity contribution >= 4 is 5.91 Å². The van der Waals surface area contributed by atoms with Gasteiger partial charge < -0.3 is 10.5 Å². The lowest BCUT2D eigenvalue weighted by Gasteiger charge is -2.28. The van der Waals surface area contributed by atoms with Crippen LogP contribution in [0.3, 0.4) is 0 Å². The molecule has 94 valence electrons. The Hall–Kier alpha value is -1.46. The second-order valence-corrected chi connectivity index (χ2v) is 3.92. The van der Waals surface area contributed by atoms with Crippen molar-refractivity contribution in [2.75, 3.05) is 20.3 Å². The predicted octanol–water partition coefficient (Wildman–Crippen LogP) is 0.762. The molecule has 0 aliphatic rings. The average molecular weight is 240 g/mol. The zero-order valence-electron chi connectivity index (χ0n) is 10.00. The van der Waals surface area contributed by atoms with Gasteiger partial charge in [0.25, 0.3) is 0 Å². The predicted molar refractivity (Wildman–Crippen MR) is 62.8 cm³/mol. The van der Waals surface area contributed by atoms with Crippen LogP contribution >= 0.6 is 0 Å². The number of primary amides is 1. The lowest BCUT2D eigenvalue weighted by atomic mass is 9.91. The van der Waals surface area contributed by atoms with E-state index in [9.17, 15) is 9.18 Å². The molecule has 0 heterocycles. The second-order valence-electron chi connectivity index (χ2n) is 3.92. The maximum Gasteiger partial charge on any atom is 0.242 e. The fourth-order valence-electron chi connectivity index (χ4n) is 1.52. The van der Waals surface area contributed by atoms with Gasteiger partial charge in [0, 0.05) is 13.7 Å². The normalized spacial score (nSPS) is 14.3. The van der Waals surface area contributed by atoms with E-state index in [4.69, 9.17) is 10.5 Å². The molecule has 3 N–H and O–H groups in total. The van der Waals surface area contributed by atoms with Crippen LogP contribution in [-0.4, -0.2) is 26.2 Å². The fourth-order valence-corrected chi connectivity index (χ4v) is 1.52. The molecular weight excluding hydrogens is 223 g/mol. The van der Waals surface area contributed by atoms with Gasteiger partial charge in [-0.25, -0.2) is 4.39 Å². The molecule has 1 unspecified atom stereocenters. The summed E-state index contributed by atoms with van der Waals surface area (Å²) in [6, 6.07) is 5.68. The lowest BCUT2D eigenvalue weighted by Crippen LogP contribution is -2.51. The average Bonchev–Trinajstić information content (AvgIpc) is 2.29. The van der Waals surface area contributed by atoms with E-state index in [1.54, 1.807) is 26.2 Å². The Balaban J connectivity index is 2.90. The Kier molecular flexibility index (Phi) is 4.60. The minimum absolute atomic E-state index is 0.350. The molecule has 0 bridgehead atoms. The highest BCUT2D eigenvalue weighted by molar-refractivity contribution is 5.85. The van der Waals surface area contributed by atoms with E-state index >= 15 is 0 Å². The zero-order valence-corrected chi connectivity index (χ0v) is 10.00. The van der Waals surface area contributed by atoms with Crippen LogP contribution < -0.4 is 11.1 Å². The van der Waals surface area contributed by atoms with Gasteiger partial charge in [-0.1, -0.05) is 12.1 Å². The molecule has 0 fully saturated rings. The van der Waals surface area contributed by atoms with Crippen LogP contribution in [0.4, 0.5) is 4.39 Å². The van der Waals surface area contributed by atoms with Gasteiger partial charge in [0.05, 0.1) is 6.61 Å². The van der Waals surface area contributed by atoms with Crippen molar-refractivity contribution in [2.45, 2.75) is 12.5 Å². The van der Waals surface area contributed by atoms with E-state index in [1.807, 2.05) is 0 Å². The van der Waals surface area contributed by atoms with Gasteiger partial charge >= 0.3 is 0 Å². The Labute approximate surface area is 100.0 Å². The molecule has 0 aliphatic heterocycles. The topological polar surface area (TPSA) is 64.3 Å². The summed E-state index contributed by atoms with van der Waals surface area (Å²) in [5.41, 5.74) is 4.99. The van der Waals surface area contributed by atoms with E-state index in [-0.39, 0.29) is 5.82 Å². The summed E-state index contributed by atoms with van der Waals surface area (Å²) in [5.74, 6) is -0.863. The summed E-state index contributed by atoms with van der Waals surface area (Å²) in [7, 11) is 1.57. The Morgan fingerprint density at radius 1 is 1.47 bits per heavy atom. The van der Waals surface area contributed by atoms with Crippen LogP contribution in [0.25, 0.3) is 0 Å². The number of nitrogens with two attached hydrogens (primary N) is 1. The molecule has 0 spiro atoms. The third-order valence-corrected chi connectivity index (χ3v) is 2.70. The molecule has 1 atom stereocenters. The number of nitrogens with one attached hydrogen (secondary N) is 1. The molecule has 1 aromatic rings. The number of amides is 1. The number of ether oxygens (including phenoxy) is 1. The number of hydrogen-bond acceptors (Lipinski definition) is 3. The highest BCUT2D eigenvalue weighted by Crippen LogP contribution is 2.20. The standard InChI is InChI=1S/C12H17FN2O2/c1-12(11(14)16,15-7-8-17-2)9-3-5-10(13)6-4-9/h3-6,15H,7-8H2,1-2H3,(H2,14,16). The van der Waals surface area contributed by atoms with Crippen molar-refractivity contribution in [3.8, 4) is 0 Å². The fraction of sp³-hybridized carbons (Fsp3) is 0.417. The van der Waals surface area contributed by atoms with Gasteiger partial charge in [-0.05, 0) is 24.6 Å². The second kappa shape index (κ2) is 5.75. The molecular formula is C12H17FN2O2. The van der Waals surface area contributed by atoms with Crippen LogP contribution in [0.2, 0.25) is 0 Å². The number of hydrogen-bond donors (Lipinski definition) is 2. The Morgan fingerprint density at radius 3 is 2.53 bits per heavy atom. The number of methoxy groups -OCH3 is 1. The number of carbonyl (C=O) groups excluding carboxylic acids is 1. The van der Waals surface area contributed by atoms with Gasteiger partial charge in [-0.2, -0.15) is 0 Å². The van der Waals surface area contributed by atoms with E-state index in [0.717, 1.165) is 0 Å². The van der Waals surface area contributed by atoms with Gasteiger partial charge in [0.2, 0.25) is 5.91 Å². The van der Waals surface area contributed by atoms with Crippen LogP contribution in [0, 0.1) is 5.82 Å². The first-order valence-corrected chi connectivity index (χ1v) is 5.30. The van der Waals surface area contributed by atoms with Crippen LogP contribution in [0.1, 0.15) is 12.5 Å². The maximum absolute atomic E-state index is 12.8. The highest BCUT2D eigenvalue weighted by Gasteiger charge is 2.32. The van der Waals surface area contributed by atoms with Crippen molar-refractivity contribution in [1.29, 1.82) is 0 Å². The van der Waals surface area contributed by atoms with Gasteiger partial charge in [-0.3, -0.25) is 10.1 Å². The van der Waals surface area contributed by atoms with Crippen LogP contribution in [-0.2, 0) is 15.1 Å². The highest BCUT2D eigenvalue weighted by atomic mass is 19.1. The first-order chi connectivity index (χ1) is 8.00. The molecule has 0 aliphatic carbocycles. The first kappa shape index (κ1) is 13.6. The summed E-state index contributed by atoms with van der Waals surface area (Å²) >= 11 is 0. The summed E-state index contributed by atoms with van der Waals surface area (Å²) < 4.78 is 17.7. The SMILES string of the molecule is COCCNC(C)(C(N)=O)c1ccc(F)cc1. The van der Waals surface area contributed by atoms with Crippen molar-refractivity contribution in [2.24, 2.45) is 5.73 Å². The van der Waals surface area contributed by atoms with Gasteiger partial charge in [-0.15, -0.1) is 0 Å². The molecule has 0 radical (unpaired) electrons. The van der Waals surface area contributed by atoms with Crippen LogP contribution in [0.5, 0.6) is 0 Å². The molecule has 1 aromatic carbocycles. The minimum atomic E-state index is -1.02. The minimum Gasteiger partial charge on any atom is -0.383 e. The van der Waals surface area contributed by atoms with E-state index in [0.29, 0.717) is 18.7 Å². The summed E-state index contributed by atoms with van der Waals surface area (Å²) in [4.78, 5) is 11.5. The van der Waals surface area contributed by atoms with E-state index in [1.165, 1.54) is 12.1 Å². The first-order valence-electron chi connectivity index (χ1n) is 5.30. The van der Waals surface area contributed by atoms with Gasteiger partial charge in [0.1, 0.15) is 11.4 Å². The van der Waals surface area contributed by atoms with Crippen molar-refractivity contribution in [1.82, 2.24) is 5.32 Å². The maximum atomic E-state index is 12.8. The third kappa shape index (κ3) is 3.25. The molecule has 17 heavy (non-hydrogen) atoms. The molecule has 0 saturated heterocycles. The van der Waals surface area contributed by atoms with Crippen molar-refractivity contribution < 1.29 is 13.9 Å². The quantitative estimate of drug-likeness (QED) is 0.722. The van der Waals surface area contributed by atoms with Crippen LogP contribution in [0.15, 0.2) is 24.3 Å². The molecule has 5 heteroatoms. The van der Waals surface area contributed by atoms with Gasteiger partial charge in [0.15, 0.2) is 0 Å². The molecule has 4 nitrogen and oxygen atoms in total. The largest absolute Gasteiger partial charge is 0.383 e.